The van der Waals surface area contributed by atoms with Gasteiger partial charge in [-0.05, 0) is 70.6 Å². The molecule has 0 radical (unpaired) electrons. The Morgan fingerprint density at radius 1 is 1.09 bits per heavy atom. The van der Waals surface area contributed by atoms with Crippen molar-refractivity contribution < 1.29 is 23.9 Å². The number of nitrogens with one attached hydrogen (secondary N) is 1. The van der Waals surface area contributed by atoms with Gasteiger partial charge in [0.15, 0.2) is 0 Å². The lowest BCUT2D eigenvalue weighted by atomic mass is 10.0. The molecule has 2 atom stereocenters. The first kappa shape index (κ1) is 26.4. The van der Waals surface area contributed by atoms with Gasteiger partial charge in [0.05, 0.1) is 12.6 Å². The third kappa shape index (κ3) is 7.65. The van der Waals surface area contributed by atoms with Crippen LogP contribution < -0.4 is 10.2 Å². The average Bonchev–Trinajstić information content (AvgIpc) is 2.93. The zero-order chi connectivity index (χ0) is 25.4. The number of rotatable bonds is 9. The Kier molecular flexibility index (Phi) is 9.04. The lowest BCUT2D eigenvalue weighted by Gasteiger charge is -2.29. The third-order valence-electron chi connectivity index (χ3n) is 5.80. The monoisotopic (exact) mass is 480 g/mol. The first-order valence-electron chi connectivity index (χ1n) is 12.3. The number of fused-ring (bicyclic) bond motifs is 1. The number of carbonyl (C=O) groups excluding carboxylic acids is 3. The van der Waals surface area contributed by atoms with Crippen LogP contribution in [-0.4, -0.2) is 48.7 Å². The number of hydrogen-bond donors (Lipinski definition) is 1. The summed E-state index contributed by atoms with van der Waals surface area (Å²) in [7, 11) is 0. The van der Waals surface area contributed by atoms with Crippen LogP contribution in [0.2, 0.25) is 0 Å². The normalized spacial score (nSPS) is 16.7. The predicted octanol–water partition coefficient (Wildman–Crippen LogP) is 3.83. The molecule has 1 aliphatic heterocycles. The van der Waals surface area contributed by atoms with Crippen LogP contribution in [0, 0.1) is 0 Å². The molecular formula is C28H36N2O5. The molecule has 1 heterocycles. The fraction of sp³-hybridized carbons (Fsp3) is 0.464. The first-order valence-corrected chi connectivity index (χ1v) is 12.3. The molecule has 7 heteroatoms. The van der Waals surface area contributed by atoms with E-state index in [1.165, 1.54) is 4.90 Å². The largest absolute Gasteiger partial charge is 0.465 e. The molecule has 35 heavy (non-hydrogen) atoms. The number of nitrogens with zero attached hydrogens (tertiary/aromatic N) is 1. The van der Waals surface area contributed by atoms with Gasteiger partial charge in [0.25, 0.3) is 0 Å². The average molecular weight is 481 g/mol. The molecule has 3 rings (SSSR count). The molecule has 0 saturated heterocycles. The molecule has 0 aromatic heterocycles. The summed E-state index contributed by atoms with van der Waals surface area (Å²) in [5.41, 5.74) is 2.13. The van der Waals surface area contributed by atoms with Gasteiger partial charge in [-0.1, -0.05) is 48.5 Å². The van der Waals surface area contributed by atoms with Gasteiger partial charge in [0.2, 0.25) is 5.91 Å². The van der Waals surface area contributed by atoms with Gasteiger partial charge < -0.3 is 9.47 Å². The zero-order valence-corrected chi connectivity index (χ0v) is 21.1. The third-order valence-corrected chi connectivity index (χ3v) is 5.80. The van der Waals surface area contributed by atoms with Crippen molar-refractivity contribution in [3.63, 3.8) is 0 Å². The Bertz CT molecular complexity index is 1020. The van der Waals surface area contributed by atoms with Crippen molar-refractivity contribution in [3.8, 4) is 0 Å². The van der Waals surface area contributed by atoms with Crippen LogP contribution in [0.15, 0.2) is 54.6 Å². The summed E-state index contributed by atoms with van der Waals surface area (Å²) in [6.07, 6.45) is 2.28. The summed E-state index contributed by atoms with van der Waals surface area (Å²) in [5.74, 6) is -1.11. The van der Waals surface area contributed by atoms with E-state index in [4.69, 9.17) is 9.47 Å². The van der Waals surface area contributed by atoms with Gasteiger partial charge in [0, 0.05) is 5.69 Å². The van der Waals surface area contributed by atoms with E-state index in [0.717, 1.165) is 11.1 Å². The van der Waals surface area contributed by atoms with E-state index in [0.29, 0.717) is 31.4 Å². The molecule has 0 saturated carbocycles. The van der Waals surface area contributed by atoms with Crippen LogP contribution in [0.1, 0.15) is 51.7 Å². The maximum atomic E-state index is 13.7. The molecule has 0 aliphatic carbocycles. The molecule has 1 N–H and O–H groups in total. The molecule has 2 aromatic rings. The van der Waals surface area contributed by atoms with Gasteiger partial charge in [0.1, 0.15) is 18.2 Å². The summed E-state index contributed by atoms with van der Waals surface area (Å²) in [4.78, 5) is 40.6. The van der Waals surface area contributed by atoms with Crippen molar-refractivity contribution in [2.75, 3.05) is 18.1 Å². The van der Waals surface area contributed by atoms with Crippen molar-refractivity contribution in [3.05, 3.63) is 65.7 Å². The first-order chi connectivity index (χ1) is 16.7. The van der Waals surface area contributed by atoms with Crippen LogP contribution in [0.4, 0.5) is 5.69 Å². The van der Waals surface area contributed by atoms with Crippen LogP contribution in [0.5, 0.6) is 0 Å². The lowest BCUT2D eigenvalue weighted by molar-refractivity contribution is -0.158. The fourth-order valence-electron chi connectivity index (χ4n) is 4.21. The SMILES string of the molecule is CCOC(=O)CN1C(=O)[C@@H](N[C@@H](CCc2ccccc2)C(=O)OC(C)(C)C)CCc2ccccc21. The summed E-state index contributed by atoms with van der Waals surface area (Å²) >= 11 is 0. The minimum Gasteiger partial charge on any atom is -0.465 e. The Hall–Kier alpha value is -3.19. The van der Waals surface area contributed by atoms with Gasteiger partial charge in [-0.15, -0.1) is 0 Å². The minimum atomic E-state index is -0.672. The Morgan fingerprint density at radius 2 is 1.77 bits per heavy atom. The molecule has 7 nitrogen and oxygen atoms in total. The smallest absolute Gasteiger partial charge is 0.326 e. The van der Waals surface area contributed by atoms with Gasteiger partial charge in [-0.3, -0.25) is 24.6 Å². The van der Waals surface area contributed by atoms with Crippen molar-refractivity contribution in [2.45, 2.75) is 71.1 Å². The second-order valence-electron chi connectivity index (χ2n) is 9.73. The number of aryl methyl sites for hydroxylation is 2. The van der Waals surface area contributed by atoms with Crippen LogP contribution in [-0.2, 0) is 36.7 Å². The Morgan fingerprint density at radius 3 is 2.46 bits per heavy atom. The molecule has 188 valence electrons. The van der Waals surface area contributed by atoms with Crippen molar-refractivity contribution >= 4 is 23.5 Å². The molecule has 0 fully saturated rings. The van der Waals surface area contributed by atoms with Crippen LogP contribution in [0.25, 0.3) is 0 Å². The second kappa shape index (κ2) is 12.0. The van der Waals surface area contributed by atoms with E-state index in [9.17, 15) is 14.4 Å². The molecule has 1 amide bonds. The summed E-state index contributed by atoms with van der Waals surface area (Å²) in [5, 5.41) is 3.29. The van der Waals surface area contributed by atoms with Crippen LogP contribution >= 0.6 is 0 Å². The highest BCUT2D eigenvalue weighted by molar-refractivity contribution is 6.02. The highest BCUT2D eigenvalue weighted by atomic mass is 16.6. The summed E-state index contributed by atoms with van der Waals surface area (Å²) < 4.78 is 10.8. The topological polar surface area (TPSA) is 84.9 Å². The van der Waals surface area contributed by atoms with Crippen molar-refractivity contribution in [2.24, 2.45) is 0 Å². The summed E-state index contributed by atoms with van der Waals surface area (Å²) in [6, 6.07) is 16.2. The Labute approximate surface area is 207 Å². The maximum Gasteiger partial charge on any atom is 0.326 e. The van der Waals surface area contributed by atoms with Crippen molar-refractivity contribution in [1.82, 2.24) is 5.32 Å². The van der Waals surface area contributed by atoms with E-state index in [-0.39, 0.29) is 25.0 Å². The standard InChI is InChI=1S/C28H36N2O5/c1-5-34-25(31)19-30-24-14-10-9-13-21(24)16-18-22(26(30)32)29-23(27(33)35-28(2,3)4)17-15-20-11-7-6-8-12-20/h6-14,22-23,29H,5,15-19H2,1-4H3/t22-,23-/m0/s1. The molecule has 0 spiro atoms. The zero-order valence-electron chi connectivity index (χ0n) is 21.1. The number of carbonyl (C=O) groups is 3. The van der Waals surface area contributed by atoms with Crippen molar-refractivity contribution in [1.29, 1.82) is 0 Å². The van der Waals surface area contributed by atoms with E-state index in [2.05, 4.69) is 5.32 Å². The van der Waals surface area contributed by atoms with E-state index in [1.54, 1.807) is 6.92 Å². The quantitative estimate of drug-likeness (QED) is 0.549. The maximum absolute atomic E-state index is 13.7. The number of anilines is 1. The number of para-hydroxylation sites is 1. The van der Waals surface area contributed by atoms with E-state index < -0.39 is 23.7 Å². The number of esters is 2. The lowest BCUT2D eigenvalue weighted by Crippen LogP contribution is -2.53. The van der Waals surface area contributed by atoms with E-state index >= 15 is 0 Å². The van der Waals surface area contributed by atoms with Crippen LogP contribution in [0.3, 0.4) is 0 Å². The Balaban J connectivity index is 1.83. The van der Waals surface area contributed by atoms with Gasteiger partial charge in [-0.25, -0.2) is 0 Å². The molecule has 0 bridgehead atoms. The predicted molar refractivity (Wildman–Crippen MR) is 135 cm³/mol. The van der Waals surface area contributed by atoms with E-state index in [1.807, 2.05) is 75.4 Å². The molecule has 1 aliphatic rings. The highest BCUT2D eigenvalue weighted by Gasteiger charge is 2.35. The molecular weight excluding hydrogens is 444 g/mol. The number of benzene rings is 2. The minimum absolute atomic E-state index is 0.178. The second-order valence-corrected chi connectivity index (χ2v) is 9.73. The molecule has 0 unspecified atom stereocenters. The van der Waals surface area contributed by atoms with Gasteiger partial charge in [-0.2, -0.15) is 0 Å². The number of hydrogen-bond acceptors (Lipinski definition) is 6. The fourth-order valence-corrected chi connectivity index (χ4v) is 4.21. The molecule has 2 aromatic carbocycles. The summed E-state index contributed by atoms with van der Waals surface area (Å²) in [6.45, 7) is 7.28. The number of ether oxygens (including phenoxy) is 2. The number of amides is 1. The highest BCUT2D eigenvalue weighted by Crippen LogP contribution is 2.27. The van der Waals surface area contributed by atoms with Gasteiger partial charge >= 0.3 is 11.9 Å².